The summed E-state index contributed by atoms with van der Waals surface area (Å²) in [5, 5.41) is 3.55. The van der Waals surface area contributed by atoms with Crippen LogP contribution in [0, 0.1) is 3.57 Å². The minimum atomic E-state index is -0.376. The van der Waals surface area contributed by atoms with Crippen LogP contribution in [0.15, 0.2) is 64.1 Å². The van der Waals surface area contributed by atoms with Crippen molar-refractivity contribution in [1.29, 1.82) is 0 Å². The van der Waals surface area contributed by atoms with Crippen LogP contribution in [0.5, 0.6) is 0 Å². The van der Waals surface area contributed by atoms with Gasteiger partial charge in [0.2, 0.25) is 11.5 Å². The van der Waals surface area contributed by atoms with Crippen molar-refractivity contribution < 1.29 is 9.21 Å². The highest BCUT2D eigenvalue weighted by molar-refractivity contribution is 14.1. The quantitative estimate of drug-likeness (QED) is 0.491. The predicted molar refractivity (Wildman–Crippen MR) is 104 cm³/mol. The fourth-order valence-corrected chi connectivity index (χ4v) is 3.19. The fraction of sp³-hybridized carbons (Fsp3) is 0.0556. The summed E-state index contributed by atoms with van der Waals surface area (Å²) in [5.74, 6) is -0.304. The first-order valence-corrected chi connectivity index (χ1v) is 8.62. The molecule has 2 heterocycles. The minimum absolute atomic E-state index is 0.135. The normalized spacial score (nSPS) is 11.1. The summed E-state index contributed by atoms with van der Waals surface area (Å²) < 4.78 is 7.87. The number of rotatable bonds is 3. The number of para-hydroxylation sites is 1. The van der Waals surface area contributed by atoms with E-state index < -0.39 is 0 Å². The average Bonchev–Trinajstić information content (AvgIpc) is 2.97. The molecule has 6 nitrogen and oxygen atoms in total. The highest BCUT2D eigenvalue weighted by atomic mass is 127. The van der Waals surface area contributed by atoms with Gasteiger partial charge in [-0.25, -0.2) is 4.98 Å². The largest absolute Gasteiger partial charge is 0.448 e. The van der Waals surface area contributed by atoms with Crippen LogP contribution in [0.1, 0.15) is 0 Å². The number of aromatic nitrogens is 2. The maximum Gasteiger partial charge on any atom is 0.297 e. The van der Waals surface area contributed by atoms with Crippen LogP contribution < -0.4 is 10.9 Å². The lowest BCUT2D eigenvalue weighted by Crippen LogP contribution is -2.27. The molecular weight excluding hydrogens is 433 g/mol. The van der Waals surface area contributed by atoms with E-state index in [4.69, 9.17) is 4.42 Å². The number of carbonyl (C=O) groups is 1. The van der Waals surface area contributed by atoms with Gasteiger partial charge >= 0.3 is 0 Å². The third-order valence-corrected chi connectivity index (χ3v) is 4.44. The van der Waals surface area contributed by atoms with Gasteiger partial charge < -0.3 is 9.73 Å². The molecule has 0 aliphatic heterocycles. The Morgan fingerprint density at radius 2 is 2.04 bits per heavy atom. The summed E-state index contributed by atoms with van der Waals surface area (Å²) in [4.78, 5) is 29.1. The van der Waals surface area contributed by atoms with Crippen LogP contribution in [0.2, 0.25) is 0 Å². The monoisotopic (exact) mass is 445 g/mol. The molecule has 0 spiro atoms. The van der Waals surface area contributed by atoms with E-state index in [9.17, 15) is 9.59 Å². The summed E-state index contributed by atoms with van der Waals surface area (Å²) >= 11 is 2.17. The highest BCUT2D eigenvalue weighted by Crippen LogP contribution is 2.24. The van der Waals surface area contributed by atoms with E-state index >= 15 is 0 Å². The second-order valence-electron chi connectivity index (χ2n) is 5.51. The van der Waals surface area contributed by atoms with E-state index in [1.807, 2.05) is 36.4 Å². The second kappa shape index (κ2) is 6.32. The third kappa shape index (κ3) is 3.02. The highest BCUT2D eigenvalue weighted by Gasteiger charge is 2.14. The molecule has 0 aliphatic carbocycles. The first kappa shape index (κ1) is 15.8. The Morgan fingerprint density at radius 1 is 1.20 bits per heavy atom. The van der Waals surface area contributed by atoms with E-state index in [1.54, 1.807) is 12.1 Å². The van der Waals surface area contributed by atoms with Crippen molar-refractivity contribution in [1.82, 2.24) is 9.55 Å². The Bertz CT molecular complexity index is 1160. The number of fused-ring (bicyclic) bond motifs is 3. The Hall–Kier alpha value is -2.68. The molecule has 1 amide bonds. The van der Waals surface area contributed by atoms with Gasteiger partial charge in [0, 0.05) is 14.6 Å². The summed E-state index contributed by atoms with van der Waals surface area (Å²) in [6.45, 7) is -0.135. The molecule has 0 saturated heterocycles. The zero-order valence-corrected chi connectivity index (χ0v) is 15.1. The van der Waals surface area contributed by atoms with Crippen molar-refractivity contribution in [2.45, 2.75) is 6.54 Å². The molecule has 25 heavy (non-hydrogen) atoms. The van der Waals surface area contributed by atoms with E-state index in [2.05, 4.69) is 32.9 Å². The Morgan fingerprint density at radius 3 is 2.88 bits per heavy atom. The van der Waals surface area contributed by atoms with Crippen LogP contribution in [-0.4, -0.2) is 15.5 Å². The van der Waals surface area contributed by atoms with Crippen molar-refractivity contribution in [3.8, 4) is 0 Å². The van der Waals surface area contributed by atoms with Gasteiger partial charge in [-0.15, -0.1) is 0 Å². The molecule has 0 atom stereocenters. The Kier molecular flexibility index (Phi) is 4.00. The van der Waals surface area contributed by atoms with E-state index in [0.717, 1.165) is 8.96 Å². The molecule has 4 aromatic rings. The Balaban J connectivity index is 1.65. The molecule has 0 fully saturated rings. The summed E-state index contributed by atoms with van der Waals surface area (Å²) in [5.41, 5.74) is 1.57. The number of amides is 1. The van der Waals surface area contributed by atoms with Gasteiger partial charge in [-0.05, 0) is 52.9 Å². The lowest BCUT2D eigenvalue weighted by Gasteiger charge is -2.07. The minimum Gasteiger partial charge on any atom is -0.448 e. The SMILES string of the molecule is O=C(Cn1cnc2c(oc3ccccc32)c1=O)Nc1cccc(I)c1. The van der Waals surface area contributed by atoms with Gasteiger partial charge in [-0.2, -0.15) is 0 Å². The summed E-state index contributed by atoms with van der Waals surface area (Å²) in [7, 11) is 0. The van der Waals surface area contributed by atoms with Gasteiger partial charge in [-0.3, -0.25) is 14.2 Å². The zero-order chi connectivity index (χ0) is 17.4. The molecule has 0 saturated carbocycles. The number of benzene rings is 2. The summed E-state index contributed by atoms with van der Waals surface area (Å²) in [6.07, 6.45) is 1.38. The van der Waals surface area contributed by atoms with Gasteiger partial charge in [0.1, 0.15) is 17.6 Å². The molecule has 1 N–H and O–H groups in total. The van der Waals surface area contributed by atoms with Gasteiger partial charge in [0.05, 0.1) is 6.33 Å². The molecule has 0 radical (unpaired) electrons. The molecule has 7 heteroatoms. The van der Waals surface area contributed by atoms with Crippen molar-refractivity contribution in [2.24, 2.45) is 0 Å². The molecular formula is C18H12IN3O3. The van der Waals surface area contributed by atoms with E-state index in [1.165, 1.54) is 10.9 Å². The van der Waals surface area contributed by atoms with Crippen LogP contribution >= 0.6 is 22.6 Å². The number of anilines is 1. The molecule has 0 aliphatic rings. The molecule has 0 bridgehead atoms. The number of nitrogens with one attached hydrogen (secondary N) is 1. The fourth-order valence-electron chi connectivity index (χ4n) is 2.65. The first-order chi connectivity index (χ1) is 12.1. The topological polar surface area (TPSA) is 77.1 Å². The predicted octanol–water partition coefficient (Wildman–Crippen LogP) is 3.39. The molecule has 2 aromatic carbocycles. The summed E-state index contributed by atoms with van der Waals surface area (Å²) in [6, 6.07) is 14.8. The van der Waals surface area contributed by atoms with Crippen LogP contribution in [0.25, 0.3) is 22.1 Å². The number of hydrogen-bond donors (Lipinski definition) is 1. The Labute approximate surface area is 155 Å². The standard InChI is InChI=1S/C18H12IN3O3/c19-11-4-3-5-12(8-11)21-15(23)9-22-10-20-16-13-6-1-2-7-14(13)25-17(16)18(22)24/h1-8,10H,9H2,(H,21,23). The van der Waals surface area contributed by atoms with E-state index in [0.29, 0.717) is 16.8 Å². The van der Waals surface area contributed by atoms with Crippen LogP contribution in [0.3, 0.4) is 0 Å². The number of carbonyl (C=O) groups excluding carboxylic acids is 1. The number of furan rings is 1. The zero-order valence-electron chi connectivity index (χ0n) is 12.9. The smallest absolute Gasteiger partial charge is 0.297 e. The van der Waals surface area contributed by atoms with Crippen LogP contribution in [-0.2, 0) is 11.3 Å². The number of hydrogen-bond acceptors (Lipinski definition) is 4. The van der Waals surface area contributed by atoms with Crippen molar-refractivity contribution in [3.05, 3.63) is 68.8 Å². The lowest BCUT2D eigenvalue weighted by molar-refractivity contribution is -0.116. The lowest BCUT2D eigenvalue weighted by atomic mass is 10.2. The molecule has 124 valence electrons. The van der Waals surface area contributed by atoms with Crippen LogP contribution in [0.4, 0.5) is 5.69 Å². The maximum atomic E-state index is 12.6. The second-order valence-corrected chi connectivity index (χ2v) is 6.76. The van der Waals surface area contributed by atoms with Gasteiger partial charge in [0.25, 0.3) is 5.56 Å². The molecule has 0 unspecified atom stereocenters. The molecule has 2 aromatic heterocycles. The average molecular weight is 445 g/mol. The molecule has 4 rings (SSSR count). The number of nitrogens with zero attached hydrogens (tertiary/aromatic N) is 2. The van der Waals surface area contributed by atoms with E-state index in [-0.39, 0.29) is 23.6 Å². The third-order valence-electron chi connectivity index (χ3n) is 3.77. The van der Waals surface area contributed by atoms with Gasteiger partial charge in [0.15, 0.2) is 0 Å². The van der Waals surface area contributed by atoms with Crippen molar-refractivity contribution >= 4 is 56.3 Å². The van der Waals surface area contributed by atoms with Gasteiger partial charge in [-0.1, -0.05) is 18.2 Å². The van der Waals surface area contributed by atoms with Crippen molar-refractivity contribution in [3.63, 3.8) is 0 Å². The maximum absolute atomic E-state index is 12.6. The van der Waals surface area contributed by atoms with Crippen molar-refractivity contribution in [2.75, 3.05) is 5.32 Å². The number of halogens is 1. The first-order valence-electron chi connectivity index (χ1n) is 7.54.